The maximum absolute atomic E-state index is 12.0. The molecular formula is C15H16O4. The second kappa shape index (κ2) is 7.96. The van der Waals surface area contributed by atoms with Crippen molar-refractivity contribution in [3.8, 4) is 17.8 Å². The topological polar surface area (TPSA) is 44.8 Å². The smallest absolute Gasteiger partial charge is 0.239 e. The zero-order valence-electron chi connectivity index (χ0n) is 11.1. The van der Waals surface area contributed by atoms with Gasteiger partial charge in [0.15, 0.2) is 6.79 Å². The summed E-state index contributed by atoms with van der Waals surface area (Å²) in [5, 5.41) is 0. The van der Waals surface area contributed by atoms with E-state index in [2.05, 4.69) is 23.3 Å². The van der Waals surface area contributed by atoms with Crippen LogP contribution in [0.25, 0.3) is 0 Å². The van der Waals surface area contributed by atoms with Gasteiger partial charge >= 0.3 is 0 Å². The molecule has 1 rings (SSSR count). The third kappa shape index (κ3) is 4.16. The van der Waals surface area contributed by atoms with Gasteiger partial charge in [0, 0.05) is 24.2 Å². The number of hydrogen-bond donors (Lipinski definition) is 0. The summed E-state index contributed by atoms with van der Waals surface area (Å²) in [6.45, 7) is 3.70. The summed E-state index contributed by atoms with van der Waals surface area (Å²) in [4.78, 5) is 12.0. The van der Waals surface area contributed by atoms with Gasteiger partial charge in [-0.3, -0.25) is 4.79 Å². The van der Waals surface area contributed by atoms with E-state index in [1.54, 1.807) is 31.4 Å². The Morgan fingerprint density at radius 1 is 1.42 bits per heavy atom. The van der Waals surface area contributed by atoms with Crippen molar-refractivity contribution in [2.45, 2.75) is 6.42 Å². The molecule has 0 saturated heterocycles. The molecule has 0 amide bonds. The summed E-state index contributed by atoms with van der Waals surface area (Å²) in [6, 6.07) is 5.25. The minimum atomic E-state index is -0.327. The molecule has 0 bridgehead atoms. The van der Waals surface area contributed by atoms with Crippen LogP contribution in [0.15, 0.2) is 30.9 Å². The first-order valence-electron chi connectivity index (χ1n) is 5.67. The highest BCUT2D eigenvalue weighted by atomic mass is 16.6. The molecular weight excluding hydrogens is 244 g/mol. The Kier molecular flexibility index (Phi) is 6.20. The molecule has 4 heteroatoms. The predicted octanol–water partition coefficient (Wildman–Crippen LogP) is 2.19. The lowest BCUT2D eigenvalue weighted by atomic mass is 10.00. The molecule has 0 aliphatic heterocycles. The van der Waals surface area contributed by atoms with Gasteiger partial charge in [-0.05, 0) is 18.6 Å². The van der Waals surface area contributed by atoms with E-state index in [-0.39, 0.29) is 12.6 Å². The molecule has 0 radical (unpaired) electrons. The molecule has 0 aromatic heterocycles. The van der Waals surface area contributed by atoms with Gasteiger partial charge in [0.25, 0.3) is 0 Å². The fourth-order valence-electron chi connectivity index (χ4n) is 1.56. The van der Waals surface area contributed by atoms with Gasteiger partial charge < -0.3 is 14.2 Å². The molecule has 0 aliphatic carbocycles. The van der Waals surface area contributed by atoms with Crippen molar-refractivity contribution in [3.05, 3.63) is 42.0 Å². The fraction of sp³-hybridized carbons (Fsp3) is 0.267. The number of rotatable bonds is 6. The molecule has 100 valence electrons. The van der Waals surface area contributed by atoms with E-state index in [1.165, 1.54) is 7.11 Å². The van der Waals surface area contributed by atoms with Crippen molar-refractivity contribution in [2.24, 2.45) is 0 Å². The molecule has 0 fully saturated rings. The lowest BCUT2D eigenvalue weighted by Gasteiger charge is -2.09. The minimum Gasteiger partial charge on any atom is -0.496 e. The van der Waals surface area contributed by atoms with Gasteiger partial charge in [0.05, 0.1) is 7.11 Å². The summed E-state index contributed by atoms with van der Waals surface area (Å²) >= 11 is 0. The Hall–Kier alpha value is -2.25. The van der Waals surface area contributed by atoms with Crippen molar-refractivity contribution in [1.29, 1.82) is 0 Å². The number of ketones is 1. The number of carbonyl (C=O) groups is 1. The van der Waals surface area contributed by atoms with Crippen LogP contribution < -0.4 is 4.74 Å². The quantitative estimate of drug-likeness (QED) is 0.258. The SMILES string of the molecule is C=CCc1c(OC)cccc1C(=O)C#COCOC. The van der Waals surface area contributed by atoms with Crippen LogP contribution in [-0.4, -0.2) is 26.8 Å². The fourth-order valence-corrected chi connectivity index (χ4v) is 1.56. The Bertz CT molecular complexity index is 509. The summed E-state index contributed by atoms with van der Waals surface area (Å²) < 4.78 is 14.7. The number of carbonyl (C=O) groups excluding carboxylic acids is 1. The van der Waals surface area contributed by atoms with Crippen LogP contribution in [0, 0.1) is 12.0 Å². The lowest BCUT2D eigenvalue weighted by molar-refractivity contribution is 0.0310. The van der Waals surface area contributed by atoms with E-state index in [9.17, 15) is 4.79 Å². The van der Waals surface area contributed by atoms with E-state index < -0.39 is 0 Å². The molecule has 1 aromatic carbocycles. The average Bonchev–Trinajstić information content (AvgIpc) is 2.44. The van der Waals surface area contributed by atoms with E-state index in [1.807, 2.05) is 0 Å². The van der Waals surface area contributed by atoms with Crippen LogP contribution in [0.2, 0.25) is 0 Å². The Labute approximate surface area is 113 Å². The molecule has 0 atom stereocenters. The highest BCUT2D eigenvalue weighted by Gasteiger charge is 2.12. The molecule has 0 unspecified atom stereocenters. The summed E-state index contributed by atoms with van der Waals surface area (Å²) in [5.74, 6) is 2.72. The van der Waals surface area contributed by atoms with Crippen LogP contribution in [0.1, 0.15) is 15.9 Å². The van der Waals surface area contributed by atoms with Crippen LogP contribution in [-0.2, 0) is 15.9 Å². The summed E-state index contributed by atoms with van der Waals surface area (Å²) in [5.41, 5.74) is 1.26. The van der Waals surface area contributed by atoms with Crippen molar-refractivity contribution in [3.63, 3.8) is 0 Å². The average molecular weight is 260 g/mol. The Balaban J connectivity index is 3.00. The first-order valence-corrected chi connectivity index (χ1v) is 5.67. The van der Waals surface area contributed by atoms with Gasteiger partial charge in [0.1, 0.15) is 11.9 Å². The molecule has 1 aromatic rings. The summed E-state index contributed by atoms with van der Waals surface area (Å²) in [7, 11) is 3.04. The molecule has 0 heterocycles. The van der Waals surface area contributed by atoms with Crippen molar-refractivity contribution in [2.75, 3.05) is 21.0 Å². The van der Waals surface area contributed by atoms with Crippen molar-refractivity contribution < 1.29 is 19.0 Å². The summed E-state index contributed by atoms with van der Waals surface area (Å²) in [6.07, 6.45) is 4.55. The van der Waals surface area contributed by atoms with Gasteiger partial charge in [-0.2, -0.15) is 0 Å². The zero-order chi connectivity index (χ0) is 14.1. The molecule has 0 saturated carbocycles. The van der Waals surface area contributed by atoms with Gasteiger partial charge in [-0.25, -0.2) is 0 Å². The largest absolute Gasteiger partial charge is 0.496 e. The minimum absolute atomic E-state index is 0.0257. The Morgan fingerprint density at radius 2 is 2.21 bits per heavy atom. The van der Waals surface area contributed by atoms with Crippen molar-refractivity contribution >= 4 is 5.78 Å². The lowest BCUT2D eigenvalue weighted by Crippen LogP contribution is -2.03. The second-order valence-electron chi connectivity index (χ2n) is 3.59. The number of allylic oxidation sites excluding steroid dienone is 1. The molecule has 0 aliphatic rings. The Morgan fingerprint density at radius 3 is 2.84 bits per heavy atom. The first kappa shape index (κ1) is 14.8. The van der Waals surface area contributed by atoms with Gasteiger partial charge in [0.2, 0.25) is 5.78 Å². The first-order chi connectivity index (χ1) is 9.24. The van der Waals surface area contributed by atoms with Crippen LogP contribution in [0.5, 0.6) is 5.75 Å². The standard InChI is InChI=1S/C15H16O4/c1-4-6-13-12(7-5-8-15(13)18-3)14(16)9-10-19-11-17-2/h4-5,7-8H,1,6,11H2,2-3H3. The normalized spacial score (nSPS) is 9.16. The van der Waals surface area contributed by atoms with Crippen LogP contribution >= 0.6 is 0 Å². The maximum atomic E-state index is 12.0. The molecule has 4 nitrogen and oxygen atoms in total. The third-order valence-electron chi connectivity index (χ3n) is 2.36. The molecule has 19 heavy (non-hydrogen) atoms. The molecule has 0 N–H and O–H groups in total. The number of benzene rings is 1. The van der Waals surface area contributed by atoms with E-state index in [4.69, 9.17) is 9.47 Å². The van der Waals surface area contributed by atoms with E-state index in [0.29, 0.717) is 17.7 Å². The monoisotopic (exact) mass is 260 g/mol. The highest BCUT2D eigenvalue weighted by Crippen LogP contribution is 2.23. The van der Waals surface area contributed by atoms with E-state index >= 15 is 0 Å². The second-order valence-corrected chi connectivity index (χ2v) is 3.59. The maximum Gasteiger partial charge on any atom is 0.239 e. The number of hydrogen-bond acceptors (Lipinski definition) is 4. The number of Topliss-reactive ketones (excluding diaryl/α,β-unsaturated/α-hetero) is 1. The van der Waals surface area contributed by atoms with Gasteiger partial charge in [-0.1, -0.05) is 12.1 Å². The number of methoxy groups -OCH3 is 2. The third-order valence-corrected chi connectivity index (χ3v) is 2.36. The van der Waals surface area contributed by atoms with Crippen LogP contribution in [0.3, 0.4) is 0 Å². The predicted molar refractivity (Wildman–Crippen MR) is 72.0 cm³/mol. The molecule has 0 spiro atoms. The zero-order valence-corrected chi connectivity index (χ0v) is 11.1. The van der Waals surface area contributed by atoms with Crippen molar-refractivity contribution in [1.82, 2.24) is 0 Å². The van der Waals surface area contributed by atoms with Gasteiger partial charge in [-0.15, -0.1) is 6.58 Å². The van der Waals surface area contributed by atoms with Crippen LogP contribution in [0.4, 0.5) is 0 Å². The highest BCUT2D eigenvalue weighted by molar-refractivity contribution is 6.10. The number of ether oxygens (including phenoxy) is 3. The van der Waals surface area contributed by atoms with E-state index in [0.717, 1.165) is 5.56 Å².